The highest BCUT2D eigenvalue weighted by Gasteiger charge is 2.37. The van der Waals surface area contributed by atoms with Crippen LogP contribution in [0.25, 0.3) is 0 Å². The van der Waals surface area contributed by atoms with E-state index in [4.69, 9.17) is 4.74 Å². The second kappa shape index (κ2) is 8.76. The lowest BCUT2D eigenvalue weighted by Crippen LogP contribution is -2.40. The van der Waals surface area contributed by atoms with Crippen LogP contribution in [-0.4, -0.2) is 56.5 Å². The van der Waals surface area contributed by atoms with Gasteiger partial charge in [0.15, 0.2) is 0 Å². The van der Waals surface area contributed by atoms with E-state index in [9.17, 15) is 13.2 Å². The minimum atomic E-state index is -4.08. The predicted octanol–water partition coefficient (Wildman–Crippen LogP) is 2.42. The van der Waals surface area contributed by atoms with Gasteiger partial charge in [-0.1, -0.05) is 0 Å². The smallest absolute Gasteiger partial charge is 0.382 e. The minimum absolute atomic E-state index is 0.154. The number of halogens is 3. The molecule has 0 amide bonds. The Hall–Kier alpha value is -0.330. The summed E-state index contributed by atoms with van der Waals surface area (Å²) in [5.74, 6) is 0. The first-order valence-electron chi connectivity index (χ1n) is 7.12. The molecule has 3 nitrogen and oxygen atoms in total. The highest BCUT2D eigenvalue weighted by atomic mass is 19.4. The summed E-state index contributed by atoms with van der Waals surface area (Å²) in [6.07, 6.45) is -0.270. The van der Waals surface area contributed by atoms with Gasteiger partial charge < -0.3 is 10.1 Å². The summed E-state index contributed by atoms with van der Waals surface area (Å²) in [6.45, 7) is 4.64. The van der Waals surface area contributed by atoms with E-state index in [0.717, 1.165) is 45.4 Å². The van der Waals surface area contributed by atoms with Crippen molar-refractivity contribution in [1.29, 1.82) is 0 Å². The Morgan fingerprint density at radius 3 is 2.53 bits per heavy atom. The van der Waals surface area contributed by atoms with E-state index in [2.05, 4.69) is 5.32 Å². The van der Waals surface area contributed by atoms with Crippen molar-refractivity contribution in [3.8, 4) is 0 Å². The van der Waals surface area contributed by atoms with Crippen LogP contribution in [0.3, 0.4) is 0 Å². The molecule has 0 aliphatic heterocycles. The summed E-state index contributed by atoms with van der Waals surface area (Å²) in [5, 5.41) is 3.20. The largest absolute Gasteiger partial charge is 0.401 e. The molecule has 1 fully saturated rings. The van der Waals surface area contributed by atoms with Crippen molar-refractivity contribution in [3.63, 3.8) is 0 Å². The van der Waals surface area contributed by atoms with Gasteiger partial charge in [0.1, 0.15) is 0 Å². The summed E-state index contributed by atoms with van der Waals surface area (Å²) in [7, 11) is 0. The van der Waals surface area contributed by atoms with E-state index < -0.39 is 12.7 Å². The van der Waals surface area contributed by atoms with Crippen molar-refractivity contribution in [1.82, 2.24) is 10.2 Å². The number of rotatable bonds is 11. The van der Waals surface area contributed by atoms with Gasteiger partial charge in [0.2, 0.25) is 0 Å². The SMILES string of the molecule is CCOCCCCNCCN(CC(F)(F)F)C1CC1. The fourth-order valence-corrected chi connectivity index (χ4v) is 2.01. The summed E-state index contributed by atoms with van der Waals surface area (Å²) >= 11 is 0. The molecule has 0 spiro atoms. The molecule has 0 saturated heterocycles. The first-order chi connectivity index (χ1) is 9.03. The van der Waals surface area contributed by atoms with Gasteiger partial charge in [0.25, 0.3) is 0 Å². The molecule has 0 aromatic carbocycles. The second-order valence-corrected chi connectivity index (χ2v) is 4.97. The van der Waals surface area contributed by atoms with Crippen LogP contribution in [0.5, 0.6) is 0 Å². The van der Waals surface area contributed by atoms with E-state index in [1.807, 2.05) is 6.92 Å². The Kier molecular flexibility index (Phi) is 7.71. The molecule has 0 radical (unpaired) electrons. The number of ether oxygens (including phenoxy) is 1. The molecule has 1 rings (SSSR count). The number of alkyl halides is 3. The molecule has 0 aromatic rings. The molecular weight excluding hydrogens is 257 g/mol. The van der Waals surface area contributed by atoms with Crippen LogP contribution in [-0.2, 0) is 4.74 Å². The van der Waals surface area contributed by atoms with E-state index in [1.165, 1.54) is 0 Å². The van der Waals surface area contributed by atoms with Crippen molar-refractivity contribution in [3.05, 3.63) is 0 Å². The van der Waals surface area contributed by atoms with Gasteiger partial charge in [-0.3, -0.25) is 4.90 Å². The molecular formula is C13H25F3N2O. The third-order valence-corrected chi connectivity index (χ3v) is 3.12. The van der Waals surface area contributed by atoms with Gasteiger partial charge in [0, 0.05) is 32.3 Å². The highest BCUT2D eigenvalue weighted by molar-refractivity contribution is 4.85. The van der Waals surface area contributed by atoms with Gasteiger partial charge in [-0.25, -0.2) is 0 Å². The fourth-order valence-electron chi connectivity index (χ4n) is 2.01. The third-order valence-electron chi connectivity index (χ3n) is 3.12. The molecule has 1 saturated carbocycles. The third kappa shape index (κ3) is 9.24. The zero-order valence-electron chi connectivity index (χ0n) is 11.6. The van der Waals surface area contributed by atoms with Crippen molar-refractivity contribution >= 4 is 0 Å². The molecule has 114 valence electrons. The summed E-state index contributed by atoms with van der Waals surface area (Å²) in [5.41, 5.74) is 0. The first-order valence-corrected chi connectivity index (χ1v) is 7.12. The summed E-state index contributed by atoms with van der Waals surface area (Å²) < 4.78 is 42.3. The van der Waals surface area contributed by atoms with Crippen LogP contribution >= 0.6 is 0 Å². The number of nitrogens with zero attached hydrogens (tertiary/aromatic N) is 1. The Bertz CT molecular complexity index is 232. The number of hydrogen-bond donors (Lipinski definition) is 1. The van der Waals surface area contributed by atoms with Crippen LogP contribution in [0.15, 0.2) is 0 Å². The van der Waals surface area contributed by atoms with Gasteiger partial charge in [0.05, 0.1) is 6.54 Å². The Morgan fingerprint density at radius 2 is 1.95 bits per heavy atom. The summed E-state index contributed by atoms with van der Waals surface area (Å²) in [6, 6.07) is 0.154. The lowest BCUT2D eigenvalue weighted by atomic mass is 10.3. The van der Waals surface area contributed by atoms with Gasteiger partial charge >= 0.3 is 6.18 Å². The molecule has 6 heteroatoms. The number of nitrogens with one attached hydrogen (secondary N) is 1. The van der Waals surface area contributed by atoms with E-state index in [0.29, 0.717) is 13.1 Å². The zero-order valence-corrected chi connectivity index (χ0v) is 11.6. The van der Waals surface area contributed by atoms with Crippen LogP contribution in [0.4, 0.5) is 13.2 Å². The normalized spacial score (nSPS) is 16.3. The molecule has 1 aliphatic carbocycles. The van der Waals surface area contributed by atoms with Crippen LogP contribution in [0.1, 0.15) is 32.6 Å². The van der Waals surface area contributed by atoms with E-state index in [-0.39, 0.29) is 6.04 Å². The molecule has 0 unspecified atom stereocenters. The van der Waals surface area contributed by atoms with Crippen LogP contribution < -0.4 is 5.32 Å². The Balaban J connectivity index is 1.99. The van der Waals surface area contributed by atoms with Crippen LogP contribution in [0, 0.1) is 0 Å². The maximum atomic E-state index is 12.4. The van der Waals surface area contributed by atoms with Crippen molar-refractivity contribution in [2.75, 3.05) is 39.4 Å². The monoisotopic (exact) mass is 282 g/mol. The lowest BCUT2D eigenvalue weighted by Gasteiger charge is -2.23. The van der Waals surface area contributed by atoms with Gasteiger partial charge in [-0.2, -0.15) is 13.2 Å². The predicted molar refractivity (Wildman–Crippen MR) is 69.2 cm³/mol. The Labute approximate surface area is 113 Å². The fraction of sp³-hybridized carbons (Fsp3) is 1.00. The van der Waals surface area contributed by atoms with Crippen molar-refractivity contribution < 1.29 is 17.9 Å². The summed E-state index contributed by atoms with van der Waals surface area (Å²) in [4.78, 5) is 1.55. The zero-order chi connectivity index (χ0) is 14.1. The lowest BCUT2D eigenvalue weighted by molar-refractivity contribution is -0.147. The quantitative estimate of drug-likeness (QED) is 0.589. The van der Waals surface area contributed by atoms with Gasteiger partial charge in [-0.15, -0.1) is 0 Å². The molecule has 1 N–H and O–H groups in total. The average Bonchev–Trinajstić information content (AvgIpc) is 3.13. The van der Waals surface area contributed by atoms with Crippen molar-refractivity contribution in [2.45, 2.75) is 44.8 Å². The maximum absolute atomic E-state index is 12.4. The highest BCUT2D eigenvalue weighted by Crippen LogP contribution is 2.29. The first kappa shape index (κ1) is 16.7. The Morgan fingerprint density at radius 1 is 1.21 bits per heavy atom. The molecule has 0 aromatic heterocycles. The minimum Gasteiger partial charge on any atom is -0.382 e. The molecule has 0 atom stereocenters. The molecule has 1 aliphatic rings. The van der Waals surface area contributed by atoms with E-state index >= 15 is 0 Å². The van der Waals surface area contributed by atoms with Crippen LogP contribution in [0.2, 0.25) is 0 Å². The number of hydrogen-bond acceptors (Lipinski definition) is 3. The van der Waals surface area contributed by atoms with Gasteiger partial charge in [-0.05, 0) is 39.2 Å². The average molecular weight is 282 g/mol. The van der Waals surface area contributed by atoms with E-state index in [1.54, 1.807) is 4.90 Å². The van der Waals surface area contributed by atoms with Crippen molar-refractivity contribution in [2.24, 2.45) is 0 Å². The molecule has 0 heterocycles. The maximum Gasteiger partial charge on any atom is 0.401 e. The standard InChI is InChI=1S/C13H25F3N2O/c1-2-19-10-4-3-7-17-8-9-18(12-5-6-12)11-13(14,15)16/h12,17H,2-11H2,1H3. The molecule has 0 bridgehead atoms. The second-order valence-electron chi connectivity index (χ2n) is 4.97. The molecule has 19 heavy (non-hydrogen) atoms. The topological polar surface area (TPSA) is 24.5 Å². The number of unbranched alkanes of at least 4 members (excludes halogenated alkanes) is 1.